The Morgan fingerprint density at radius 1 is 1.42 bits per heavy atom. The molecule has 2 aromatic rings. The number of carbonyl (C=O) groups is 1. The van der Waals surface area contributed by atoms with Crippen LogP contribution in [0.25, 0.3) is 0 Å². The first-order valence-corrected chi connectivity index (χ1v) is 8.54. The largest absolute Gasteiger partial charge is 0.478 e. The summed E-state index contributed by atoms with van der Waals surface area (Å²) in [6.07, 6.45) is 0. The molecule has 130 valence electrons. The molecule has 1 aliphatic rings. The minimum absolute atomic E-state index is 0.202. The summed E-state index contributed by atoms with van der Waals surface area (Å²) in [6, 6.07) is 0. The summed E-state index contributed by atoms with van der Waals surface area (Å²) >= 11 is 6.23. The highest BCUT2D eigenvalue weighted by molar-refractivity contribution is 8.03. The van der Waals surface area contributed by atoms with E-state index in [1.165, 1.54) is 9.31 Å². The average molecular weight is 391 g/mol. The molecule has 1 fully saturated rings. The summed E-state index contributed by atoms with van der Waals surface area (Å²) in [7, 11) is 1.65. The quantitative estimate of drug-likeness (QED) is 0.275. The second-order valence-electron chi connectivity index (χ2n) is 4.72. The number of aryl methyl sites for hydroxylation is 1. The molecule has 1 saturated heterocycles. The molecule has 5 N–H and O–H groups in total. The fourth-order valence-electron chi connectivity index (χ4n) is 1.92. The Bertz CT molecular complexity index is 805. The first-order valence-electron chi connectivity index (χ1n) is 6.44. The Hall–Kier alpha value is -1.52. The Morgan fingerprint density at radius 3 is 2.71 bits per heavy atom. The smallest absolute Gasteiger partial charge is 0.352 e. The van der Waals surface area contributed by atoms with E-state index in [1.54, 1.807) is 14.0 Å². The van der Waals surface area contributed by atoms with Gasteiger partial charge in [-0.1, -0.05) is 0 Å². The molecule has 12 nitrogen and oxygen atoms in total. The molecule has 1 aliphatic heterocycles. The number of hydrogen-bond donors (Lipinski definition) is 6. The number of aromatic nitrogens is 6. The molecule has 0 spiro atoms. The number of carboxylic acid groups (broad SMARTS) is 1. The zero-order valence-electron chi connectivity index (χ0n) is 12.3. The van der Waals surface area contributed by atoms with Gasteiger partial charge in [0.25, 0.3) is 4.99 Å². The summed E-state index contributed by atoms with van der Waals surface area (Å²) < 4.78 is 1.43. The molecule has 2 atom stereocenters. The lowest BCUT2D eigenvalue weighted by molar-refractivity contribution is -0.143. The second kappa shape index (κ2) is 6.41. The minimum atomic E-state index is -1.66. The van der Waals surface area contributed by atoms with Crippen molar-refractivity contribution >= 4 is 42.3 Å². The minimum Gasteiger partial charge on any atom is -0.478 e. The summed E-state index contributed by atoms with van der Waals surface area (Å²) in [5.74, 6) is -0.619. The van der Waals surface area contributed by atoms with Crippen molar-refractivity contribution in [1.82, 2.24) is 45.1 Å². The summed E-state index contributed by atoms with van der Waals surface area (Å²) in [5.41, 5.74) is 1.73. The highest BCUT2D eigenvalue weighted by Crippen LogP contribution is 2.44. The number of carboxylic acids is 1. The van der Waals surface area contributed by atoms with Crippen molar-refractivity contribution in [3.63, 3.8) is 0 Å². The van der Waals surface area contributed by atoms with Crippen molar-refractivity contribution in [2.45, 2.75) is 27.7 Å². The number of aromatic amines is 3. The zero-order chi connectivity index (χ0) is 17.5. The fourth-order valence-corrected chi connectivity index (χ4v) is 4.50. The molecule has 3 heterocycles. The zero-order valence-corrected chi connectivity index (χ0v) is 14.9. The second-order valence-corrected chi connectivity index (χ2v) is 7.31. The van der Waals surface area contributed by atoms with Crippen molar-refractivity contribution in [3.8, 4) is 0 Å². The highest BCUT2D eigenvalue weighted by atomic mass is 32.2. The van der Waals surface area contributed by atoms with Crippen LogP contribution < -0.4 is 11.1 Å². The average Bonchev–Trinajstić information content (AvgIpc) is 3.16. The molecular weight excluding hydrogens is 378 g/mol. The molecule has 3 rings (SSSR count). The highest BCUT2D eigenvalue weighted by Gasteiger charge is 2.57. The number of rotatable bonds is 5. The molecule has 2 aromatic heterocycles. The van der Waals surface area contributed by atoms with Crippen LogP contribution in [-0.2, 0) is 4.79 Å². The van der Waals surface area contributed by atoms with Crippen LogP contribution in [-0.4, -0.2) is 68.3 Å². The van der Waals surface area contributed by atoms with Crippen LogP contribution in [0.3, 0.4) is 0 Å². The van der Waals surface area contributed by atoms with Gasteiger partial charge in [-0.25, -0.2) is 30.1 Å². The van der Waals surface area contributed by atoms with Gasteiger partial charge in [-0.05, 0) is 18.7 Å². The first-order chi connectivity index (χ1) is 11.3. The number of nitrogens with one attached hydrogen (secondary N) is 4. The van der Waals surface area contributed by atoms with Crippen molar-refractivity contribution in [2.75, 3.05) is 7.05 Å². The van der Waals surface area contributed by atoms with E-state index in [9.17, 15) is 14.7 Å². The van der Waals surface area contributed by atoms with Gasteiger partial charge in [0.05, 0.1) is 0 Å². The lowest BCUT2D eigenvalue weighted by Crippen LogP contribution is -2.54. The van der Waals surface area contributed by atoms with Crippen molar-refractivity contribution in [1.29, 1.82) is 0 Å². The predicted molar refractivity (Wildman–Crippen MR) is 87.9 cm³/mol. The Labute approximate surface area is 148 Å². The lowest BCUT2D eigenvalue weighted by atomic mass is 10.5. The number of thioether (sulfide) groups is 1. The maximum Gasteiger partial charge on any atom is 0.352 e. The fraction of sp³-hybridized carbons (Fsp3) is 0.444. The van der Waals surface area contributed by atoms with Crippen LogP contribution >= 0.6 is 36.3 Å². The Kier molecular flexibility index (Phi) is 4.63. The van der Waals surface area contributed by atoms with Gasteiger partial charge in [-0.3, -0.25) is 10.1 Å². The summed E-state index contributed by atoms with van der Waals surface area (Å²) in [4.78, 5) is 28.2. The van der Waals surface area contributed by atoms with E-state index in [-0.39, 0.29) is 10.3 Å². The molecular formula is C9H13N9O3S3. The molecule has 0 amide bonds. The van der Waals surface area contributed by atoms with Crippen LogP contribution in [0.5, 0.6) is 0 Å². The van der Waals surface area contributed by atoms with Crippen LogP contribution in [0.2, 0.25) is 0 Å². The van der Waals surface area contributed by atoms with E-state index in [2.05, 4.69) is 48.4 Å². The molecule has 0 aromatic carbocycles. The van der Waals surface area contributed by atoms with Gasteiger partial charge in [-0.15, -0.1) is 22.8 Å². The van der Waals surface area contributed by atoms with Crippen molar-refractivity contribution < 1.29 is 9.90 Å². The van der Waals surface area contributed by atoms with Gasteiger partial charge in [0.1, 0.15) is 11.3 Å². The molecule has 15 heteroatoms. The maximum absolute atomic E-state index is 12.1. The van der Waals surface area contributed by atoms with E-state index in [1.807, 2.05) is 0 Å². The summed E-state index contributed by atoms with van der Waals surface area (Å²) in [6.45, 7) is 1.71. The van der Waals surface area contributed by atoms with E-state index >= 15 is 0 Å². The first kappa shape index (κ1) is 17.3. The molecule has 2 unspecified atom stereocenters. The van der Waals surface area contributed by atoms with Crippen molar-refractivity contribution in [3.05, 3.63) is 16.3 Å². The van der Waals surface area contributed by atoms with Crippen LogP contribution in [0.1, 0.15) is 5.82 Å². The lowest BCUT2D eigenvalue weighted by Gasteiger charge is -2.30. The number of aliphatic carboxylic acids is 1. The SMILES string of the molecule is Cc1nc(SC2(C(=O)O)NN(C)C(S)N2Sc2n[nH]c(=O)[nH]2)n[nH]1. The normalized spacial score (nSPS) is 25.4. The van der Waals surface area contributed by atoms with E-state index in [0.717, 1.165) is 23.7 Å². The van der Waals surface area contributed by atoms with Gasteiger partial charge in [0.2, 0.25) is 10.3 Å². The topological polar surface area (TPSA) is 159 Å². The standard InChI is InChI=1S/C9H13N9O3S3/c1-3-10-6(14-12-3)23-9(4(19)20)16-17(2)8(22)18(9)24-7-11-5(21)13-15-7/h8,16,22H,1-2H3,(H,19,20)(H,10,12,14)(H2,11,13,15,21). The van der Waals surface area contributed by atoms with E-state index < -0.39 is 22.2 Å². The van der Waals surface area contributed by atoms with Gasteiger partial charge in [0.15, 0.2) is 0 Å². The Balaban J connectivity index is 1.97. The van der Waals surface area contributed by atoms with E-state index in [4.69, 9.17) is 0 Å². The molecule has 0 aliphatic carbocycles. The number of thiol groups is 1. The van der Waals surface area contributed by atoms with Crippen LogP contribution in [0.15, 0.2) is 15.1 Å². The van der Waals surface area contributed by atoms with Crippen LogP contribution in [0, 0.1) is 6.92 Å². The maximum atomic E-state index is 12.1. The van der Waals surface area contributed by atoms with Crippen molar-refractivity contribution in [2.24, 2.45) is 0 Å². The Morgan fingerprint density at radius 2 is 2.17 bits per heavy atom. The monoisotopic (exact) mass is 391 g/mol. The predicted octanol–water partition coefficient (Wildman–Crippen LogP) is -0.972. The molecule has 0 bridgehead atoms. The third-order valence-corrected chi connectivity index (χ3v) is 5.97. The third kappa shape index (κ3) is 3.05. The number of nitrogens with zero attached hydrogens (tertiary/aromatic N) is 5. The number of H-pyrrole nitrogens is 3. The van der Waals surface area contributed by atoms with Crippen LogP contribution in [0.4, 0.5) is 0 Å². The van der Waals surface area contributed by atoms with Gasteiger partial charge < -0.3 is 5.11 Å². The molecule has 0 radical (unpaired) electrons. The number of hydrogen-bond acceptors (Lipinski definition) is 11. The molecule has 24 heavy (non-hydrogen) atoms. The number of hydrazine groups is 1. The van der Waals surface area contributed by atoms with Gasteiger partial charge in [-0.2, -0.15) is 4.31 Å². The van der Waals surface area contributed by atoms with Gasteiger partial charge in [0, 0.05) is 19.0 Å². The van der Waals surface area contributed by atoms with Gasteiger partial charge >= 0.3 is 11.7 Å². The van der Waals surface area contributed by atoms with E-state index in [0.29, 0.717) is 5.82 Å². The molecule has 0 saturated carbocycles. The summed E-state index contributed by atoms with van der Waals surface area (Å²) in [5, 5.41) is 24.5. The third-order valence-electron chi connectivity index (χ3n) is 2.96.